The van der Waals surface area contributed by atoms with Crippen molar-refractivity contribution in [2.75, 3.05) is 19.7 Å². The molecule has 5 N–H and O–H groups in total. The van der Waals surface area contributed by atoms with Gasteiger partial charge >= 0.3 is 0 Å². The van der Waals surface area contributed by atoms with Crippen molar-refractivity contribution in [1.82, 2.24) is 21.0 Å². The smallest absolute Gasteiger partial charge is 0.263 e. The van der Waals surface area contributed by atoms with Gasteiger partial charge in [0.1, 0.15) is 18.4 Å². The Labute approximate surface area is 213 Å². The first-order valence-corrected chi connectivity index (χ1v) is 11.7. The third-order valence-corrected chi connectivity index (χ3v) is 5.73. The number of amides is 4. The van der Waals surface area contributed by atoms with Crippen LogP contribution >= 0.6 is 0 Å². The quantitative estimate of drug-likeness (QED) is 0.142. The topological polar surface area (TPSA) is 190 Å². The molecule has 0 aromatic heterocycles. The van der Waals surface area contributed by atoms with Crippen LogP contribution in [0.15, 0.2) is 30.0 Å². The van der Waals surface area contributed by atoms with Gasteiger partial charge in [-0.15, -0.1) is 5.06 Å². The van der Waals surface area contributed by atoms with Gasteiger partial charge in [-0.1, -0.05) is 0 Å². The number of nitriles is 1. The number of aliphatic hydroxyl groups excluding tert-OH is 2. The summed E-state index contributed by atoms with van der Waals surface area (Å²) >= 11 is 0. The van der Waals surface area contributed by atoms with E-state index >= 15 is 0 Å². The molecule has 1 aromatic rings. The lowest BCUT2D eigenvalue weighted by Crippen LogP contribution is -2.33. The maximum Gasteiger partial charge on any atom is 0.263 e. The van der Waals surface area contributed by atoms with E-state index in [0.29, 0.717) is 30.0 Å². The summed E-state index contributed by atoms with van der Waals surface area (Å²) < 4.78 is 5.40. The van der Waals surface area contributed by atoms with Crippen LogP contribution in [0.1, 0.15) is 48.5 Å². The predicted octanol–water partition coefficient (Wildman–Crippen LogP) is -0.801. The Morgan fingerprint density at radius 2 is 1.95 bits per heavy atom. The van der Waals surface area contributed by atoms with Crippen molar-refractivity contribution in [3.63, 3.8) is 0 Å². The van der Waals surface area contributed by atoms with Crippen LogP contribution in [0, 0.1) is 11.3 Å². The van der Waals surface area contributed by atoms with Gasteiger partial charge < -0.3 is 35.7 Å². The zero-order valence-electron chi connectivity index (χ0n) is 20.2. The molecule has 1 aromatic carbocycles. The van der Waals surface area contributed by atoms with Crippen LogP contribution in [0.25, 0.3) is 0 Å². The first kappa shape index (κ1) is 27.6. The van der Waals surface area contributed by atoms with E-state index in [1.54, 1.807) is 6.92 Å². The molecule has 13 heteroatoms. The van der Waals surface area contributed by atoms with Gasteiger partial charge in [0, 0.05) is 49.7 Å². The number of nitrogens with zero attached hydrogens (tertiary/aromatic N) is 2. The zero-order valence-corrected chi connectivity index (χ0v) is 20.2. The lowest BCUT2D eigenvalue weighted by Gasteiger charge is -2.15. The minimum atomic E-state index is -0.774. The lowest BCUT2D eigenvalue weighted by molar-refractivity contribution is -0.164. The van der Waals surface area contributed by atoms with Gasteiger partial charge in [-0.2, -0.15) is 5.26 Å². The minimum absolute atomic E-state index is 0.00678. The summed E-state index contributed by atoms with van der Waals surface area (Å²) in [5.74, 6) is -1.76. The van der Waals surface area contributed by atoms with Crippen LogP contribution in [0.3, 0.4) is 0 Å². The molecule has 2 aliphatic rings. The first-order valence-electron chi connectivity index (χ1n) is 11.7. The van der Waals surface area contributed by atoms with Gasteiger partial charge in [0.05, 0.1) is 18.3 Å². The number of ether oxygens (including phenoxy) is 1. The molecular weight excluding hydrogens is 486 g/mol. The number of imide groups is 1. The normalized spacial score (nSPS) is 21.5. The van der Waals surface area contributed by atoms with E-state index in [4.69, 9.17) is 14.7 Å². The third kappa shape index (κ3) is 7.26. The van der Waals surface area contributed by atoms with Crippen LogP contribution in [0.2, 0.25) is 0 Å². The van der Waals surface area contributed by atoms with Crippen molar-refractivity contribution in [1.29, 1.82) is 5.26 Å². The van der Waals surface area contributed by atoms with Gasteiger partial charge in [-0.3, -0.25) is 19.2 Å². The molecule has 2 fully saturated rings. The molecule has 2 aliphatic heterocycles. The Kier molecular flexibility index (Phi) is 9.56. The van der Waals surface area contributed by atoms with E-state index in [9.17, 15) is 29.5 Å². The standard InChI is InChI=1S/C24H29N5O8/c1-14(12-28-20-10-17(31)19(13-30)36-20)23(34)26-7-2-8-27-24(35)15-3-4-18(16(9-15)11-25)37-29-21(32)5-6-22(29)33/h3-4,9,12,17,19-20,28,30-31H,2,5-8,10,13H2,1H3,(H,26,34)(H,27,35)/b14-12-/t17-,19+,20+/m0/s1. The van der Waals surface area contributed by atoms with Crippen molar-refractivity contribution in [3.8, 4) is 11.8 Å². The fourth-order valence-corrected chi connectivity index (χ4v) is 3.61. The van der Waals surface area contributed by atoms with Crippen molar-refractivity contribution in [3.05, 3.63) is 41.1 Å². The lowest BCUT2D eigenvalue weighted by atomic mass is 10.1. The number of hydrogen-bond acceptors (Lipinski definition) is 10. The Morgan fingerprint density at radius 3 is 2.59 bits per heavy atom. The third-order valence-electron chi connectivity index (χ3n) is 5.73. The average molecular weight is 516 g/mol. The molecule has 13 nitrogen and oxygen atoms in total. The molecule has 0 aliphatic carbocycles. The second kappa shape index (κ2) is 12.8. The number of aliphatic hydroxyl groups is 2. The first-order chi connectivity index (χ1) is 17.7. The summed E-state index contributed by atoms with van der Waals surface area (Å²) in [5, 5.41) is 37.1. The van der Waals surface area contributed by atoms with E-state index in [2.05, 4.69) is 16.0 Å². The number of hydroxylamine groups is 2. The molecule has 3 atom stereocenters. The highest BCUT2D eigenvalue weighted by atomic mass is 16.7. The molecule has 0 radical (unpaired) electrons. The number of rotatable bonds is 11. The zero-order chi connectivity index (χ0) is 26.9. The van der Waals surface area contributed by atoms with Gasteiger partial charge in [0.2, 0.25) is 5.91 Å². The van der Waals surface area contributed by atoms with Crippen molar-refractivity contribution >= 4 is 23.6 Å². The van der Waals surface area contributed by atoms with Gasteiger partial charge in [0.25, 0.3) is 17.7 Å². The number of carbonyl (C=O) groups is 4. The van der Waals surface area contributed by atoms with E-state index in [1.807, 2.05) is 6.07 Å². The van der Waals surface area contributed by atoms with Crippen molar-refractivity contribution < 1.29 is 39.0 Å². The molecular formula is C24H29N5O8. The average Bonchev–Trinajstić information content (AvgIpc) is 3.42. The highest BCUT2D eigenvalue weighted by Gasteiger charge is 2.33. The highest BCUT2D eigenvalue weighted by molar-refractivity contribution is 6.01. The van der Waals surface area contributed by atoms with E-state index in [0.717, 1.165) is 0 Å². The summed E-state index contributed by atoms with van der Waals surface area (Å²) in [6.45, 7) is 1.87. The minimum Gasteiger partial charge on any atom is -0.394 e. The van der Waals surface area contributed by atoms with Gasteiger partial charge in [-0.05, 0) is 31.5 Å². The molecule has 4 amide bonds. The maximum atomic E-state index is 12.4. The van der Waals surface area contributed by atoms with Gasteiger partial charge in [0.15, 0.2) is 5.75 Å². The molecule has 2 heterocycles. The molecule has 0 unspecified atom stereocenters. The summed E-state index contributed by atoms with van der Waals surface area (Å²) in [6, 6.07) is 5.94. The molecule has 0 saturated carbocycles. The molecule has 37 heavy (non-hydrogen) atoms. The number of carbonyl (C=O) groups excluding carboxylic acids is 4. The van der Waals surface area contributed by atoms with Gasteiger partial charge in [-0.25, -0.2) is 0 Å². The highest BCUT2D eigenvalue weighted by Crippen LogP contribution is 2.23. The van der Waals surface area contributed by atoms with Crippen LogP contribution < -0.4 is 20.8 Å². The summed E-state index contributed by atoms with van der Waals surface area (Å²) in [6.07, 6.45) is 0.367. The van der Waals surface area contributed by atoms with Crippen molar-refractivity contribution in [2.45, 2.75) is 51.0 Å². The number of nitrogens with one attached hydrogen (secondary N) is 3. The molecule has 2 saturated heterocycles. The van der Waals surface area contributed by atoms with Crippen LogP contribution in [-0.4, -0.2) is 77.0 Å². The molecule has 0 bridgehead atoms. The molecule has 3 rings (SSSR count). The predicted molar refractivity (Wildman–Crippen MR) is 126 cm³/mol. The van der Waals surface area contributed by atoms with Crippen LogP contribution in [0.4, 0.5) is 0 Å². The molecule has 198 valence electrons. The van der Waals surface area contributed by atoms with E-state index in [1.165, 1.54) is 24.4 Å². The largest absolute Gasteiger partial charge is 0.394 e. The van der Waals surface area contributed by atoms with Crippen molar-refractivity contribution in [2.24, 2.45) is 0 Å². The maximum absolute atomic E-state index is 12.4. The monoisotopic (exact) mass is 515 g/mol. The van der Waals surface area contributed by atoms with Crippen LogP contribution in [0.5, 0.6) is 5.75 Å². The second-order valence-corrected chi connectivity index (χ2v) is 8.50. The second-order valence-electron chi connectivity index (χ2n) is 8.50. The Bertz CT molecular complexity index is 1100. The SMILES string of the molecule is C/C(=C/N[C@H]1C[C@H](O)[C@@H](CO)O1)C(=O)NCCCNC(=O)c1ccc(ON2C(=O)CCC2=O)c(C#N)c1. The Morgan fingerprint density at radius 1 is 1.24 bits per heavy atom. The Hall–Kier alpha value is -3.99. The van der Waals surface area contributed by atoms with E-state index in [-0.39, 0.29) is 48.8 Å². The summed E-state index contributed by atoms with van der Waals surface area (Å²) in [4.78, 5) is 53.3. The molecule has 0 spiro atoms. The summed E-state index contributed by atoms with van der Waals surface area (Å²) in [5.41, 5.74) is 0.575. The fraction of sp³-hybridized carbons (Fsp3) is 0.458. The van der Waals surface area contributed by atoms with Crippen LogP contribution in [-0.2, 0) is 19.1 Å². The van der Waals surface area contributed by atoms with E-state index < -0.39 is 36.2 Å². The summed E-state index contributed by atoms with van der Waals surface area (Å²) in [7, 11) is 0. The number of hydrogen-bond donors (Lipinski definition) is 5. The Balaban J connectivity index is 1.39. The number of benzene rings is 1. The fourth-order valence-electron chi connectivity index (χ4n) is 3.61.